The largest absolute Gasteiger partial charge is 0.380 e. The van der Waals surface area contributed by atoms with Crippen molar-refractivity contribution in [2.45, 2.75) is 27.3 Å². The number of benzene rings is 1. The lowest BCUT2D eigenvalue weighted by molar-refractivity contribution is 0.140. The predicted molar refractivity (Wildman–Crippen MR) is 92.5 cm³/mol. The number of hydrogen-bond acceptors (Lipinski definition) is 4. The van der Waals surface area contributed by atoms with Gasteiger partial charge in [-0.25, -0.2) is 4.98 Å². The Morgan fingerprint density at radius 1 is 1.18 bits per heavy atom. The summed E-state index contributed by atoms with van der Waals surface area (Å²) in [6.07, 6.45) is 0. The average molecular weight is 304 g/mol. The van der Waals surface area contributed by atoms with Crippen LogP contribution in [0.5, 0.6) is 0 Å². The molecule has 2 rings (SSSR count). The molecule has 0 unspecified atom stereocenters. The Morgan fingerprint density at radius 2 is 1.95 bits per heavy atom. The van der Waals surface area contributed by atoms with Gasteiger partial charge in [0.1, 0.15) is 0 Å². The first-order valence-electron chi connectivity index (χ1n) is 8.29. The van der Waals surface area contributed by atoms with E-state index >= 15 is 0 Å². The molecule has 0 fully saturated rings. The summed E-state index contributed by atoms with van der Waals surface area (Å²) in [5.74, 6) is 0.938. The molecular formula is C17H28N4O. The van der Waals surface area contributed by atoms with Crippen LogP contribution in [0.3, 0.4) is 0 Å². The zero-order valence-electron chi connectivity index (χ0n) is 14.0. The number of rotatable bonds is 10. The standard InChI is InChI=1S/C17H28N4O/c1-4-20(5-2)12-11-18-17-19-15-9-7-8-10-16(15)21(17)13-14-22-6-3/h7-10H,4-6,11-14H2,1-3H3,(H,18,19). The molecule has 0 saturated heterocycles. The molecule has 1 aromatic carbocycles. The fourth-order valence-corrected chi connectivity index (χ4v) is 2.60. The van der Waals surface area contributed by atoms with Gasteiger partial charge in [0.25, 0.3) is 0 Å². The molecule has 0 aliphatic rings. The van der Waals surface area contributed by atoms with Crippen LogP contribution in [0.4, 0.5) is 5.95 Å². The van der Waals surface area contributed by atoms with Gasteiger partial charge < -0.3 is 19.5 Å². The van der Waals surface area contributed by atoms with Crippen molar-refractivity contribution in [3.05, 3.63) is 24.3 Å². The Balaban J connectivity index is 2.08. The second-order valence-electron chi connectivity index (χ2n) is 5.23. The maximum atomic E-state index is 5.50. The second kappa shape index (κ2) is 8.76. The minimum atomic E-state index is 0.710. The van der Waals surface area contributed by atoms with E-state index in [0.717, 1.165) is 56.3 Å². The van der Waals surface area contributed by atoms with E-state index in [-0.39, 0.29) is 0 Å². The monoisotopic (exact) mass is 304 g/mol. The molecule has 5 nitrogen and oxygen atoms in total. The van der Waals surface area contributed by atoms with Crippen LogP contribution in [0, 0.1) is 0 Å². The van der Waals surface area contributed by atoms with E-state index in [4.69, 9.17) is 9.72 Å². The minimum absolute atomic E-state index is 0.710. The van der Waals surface area contributed by atoms with Crippen molar-refractivity contribution < 1.29 is 4.74 Å². The van der Waals surface area contributed by atoms with Gasteiger partial charge in [0.15, 0.2) is 0 Å². The first-order valence-corrected chi connectivity index (χ1v) is 8.29. The van der Waals surface area contributed by atoms with E-state index < -0.39 is 0 Å². The first-order chi connectivity index (χ1) is 10.8. The molecule has 0 amide bonds. The molecule has 5 heteroatoms. The predicted octanol–water partition coefficient (Wildman–Crippen LogP) is 2.83. The molecule has 2 aromatic rings. The maximum absolute atomic E-state index is 5.50. The molecule has 0 atom stereocenters. The summed E-state index contributed by atoms with van der Waals surface area (Å²) in [4.78, 5) is 7.12. The Kier molecular flexibility index (Phi) is 6.68. The van der Waals surface area contributed by atoms with Gasteiger partial charge in [-0.05, 0) is 32.1 Å². The van der Waals surface area contributed by atoms with Crippen molar-refractivity contribution in [1.82, 2.24) is 14.5 Å². The number of nitrogens with zero attached hydrogens (tertiary/aromatic N) is 3. The third kappa shape index (κ3) is 4.21. The number of fused-ring (bicyclic) bond motifs is 1. The van der Waals surface area contributed by atoms with Crippen LogP contribution in [0.25, 0.3) is 11.0 Å². The van der Waals surface area contributed by atoms with E-state index in [1.165, 1.54) is 0 Å². The van der Waals surface area contributed by atoms with Gasteiger partial charge in [0.05, 0.1) is 17.6 Å². The van der Waals surface area contributed by atoms with Gasteiger partial charge in [0, 0.05) is 26.2 Å². The SMILES string of the molecule is CCOCCn1c(NCCN(CC)CC)nc2ccccc21. The fraction of sp³-hybridized carbons (Fsp3) is 0.588. The normalized spacial score (nSPS) is 11.5. The van der Waals surface area contributed by atoms with Crippen molar-refractivity contribution >= 4 is 17.0 Å². The van der Waals surface area contributed by atoms with Crippen LogP contribution in [0.1, 0.15) is 20.8 Å². The summed E-state index contributed by atoms with van der Waals surface area (Å²) in [5.41, 5.74) is 2.19. The van der Waals surface area contributed by atoms with Crippen molar-refractivity contribution in [1.29, 1.82) is 0 Å². The van der Waals surface area contributed by atoms with Crippen molar-refractivity contribution in [3.8, 4) is 0 Å². The maximum Gasteiger partial charge on any atom is 0.204 e. The van der Waals surface area contributed by atoms with Crippen LogP contribution in [-0.2, 0) is 11.3 Å². The number of anilines is 1. The highest BCUT2D eigenvalue weighted by atomic mass is 16.5. The topological polar surface area (TPSA) is 42.3 Å². The lowest BCUT2D eigenvalue weighted by Crippen LogP contribution is -2.29. The van der Waals surface area contributed by atoms with Gasteiger partial charge >= 0.3 is 0 Å². The second-order valence-corrected chi connectivity index (χ2v) is 5.23. The molecule has 1 aromatic heterocycles. The summed E-state index contributed by atoms with van der Waals surface area (Å²) in [7, 11) is 0. The molecule has 0 spiro atoms. The van der Waals surface area contributed by atoms with Gasteiger partial charge in [-0.15, -0.1) is 0 Å². The fourth-order valence-electron chi connectivity index (χ4n) is 2.60. The summed E-state index contributed by atoms with van der Waals surface area (Å²) < 4.78 is 7.72. The van der Waals surface area contributed by atoms with Crippen LogP contribution in [0.2, 0.25) is 0 Å². The van der Waals surface area contributed by atoms with Crippen LogP contribution < -0.4 is 5.32 Å². The quantitative estimate of drug-likeness (QED) is 0.685. The van der Waals surface area contributed by atoms with E-state index in [0.29, 0.717) is 6.61 Å². The highest BCUT2D eigenvalue weighted by Gasteiger charge is 2.10. The Hall–Kier alpha value is -1.59. The first kappa shape index (κ1) is 16.8. The number of likely N-dealkylation sites (N-methyl/N-ethyl adjacent to an activating group) is 1. The Bertz CT molecular complexity index is 563. The number of aromatic nitrogens is 2. The van der Waals surface area contributed by atoms with Crippen LogP contribution in [0.15, 0.2) is 24.3 Å². The molecule has 0 saturated carbocycles. The Labute approximate surface area is 133 Å². The zero-order valence-corrected chi connectivity index (χ0v) is 14.0. The van der Waals surface area contributed by atoms with Crippen LogP contribution in [-0.4, -0.2) is 53.8 Å². The summed E-state index contributed by atoms with van der Waals surface area (Å²) in [6, 6.07) is 8.26. The van der Waals surface area contributed by atoms with Crippen molar-refractivity contribution in [2.75, 3.05) is 44.7 Å². The highest BCUT2D eigenvalue weighted by molar-refractivity contribution is 5.78. The molecule has 0 aliphatic heterocycles. The lowest BCUT2D eigenvalue weighted by atomic mass is 10.3. The Morgan fingerprint density at radius 3 is 2.68 bits per heavy atom. The number of hydrogen-bond donors (Lipinski definition) is 1. The molecule has 1 heterocycles. The zero-order chi connectivity index (χ0) is 15.8. The number of ether oxygens (including phenoxy) is 1. The third-order valence-corrected chi connectivity index (χ3v) is 3.92. The van der Waals surface area contributed by atoms with E-state index in [9.17, 15) is 0 Å². The van der Waals surface area contributed by atoms with E-state index in [1.807, 2.05) is 13.0 Å². The van der Waals surface area contributed by atoms with Crippen LogP contribution >= 0.6 is 0 Å². The van der Waals surface area contributed by atoms with E-state index in [1.54, 1.807) is 0 Å². The lowest BCUT2D eigenvalue weighted by Gasteiger charge is -2.18. The number of nitrogens with one attached hydrogen (secondary N) is 1. The minimum Gasteiger partial charge on any atom is -0.380 e. The summed E-state index contributed by atoms with van der Waals surface area (Å²) >= 11 is 0. The van der Waals surface area contributed by atoms with Gasteiger partial charge in [0.2, 0.25) is 5.95 Å². The van der Waals surface area contributed by atoms with E-state index in [2.05, 4.69) is 46.8 Å². The van der Waals surface area contributed by atoms with Crippen molar-refractivity contribution in [2.24, 2.45) is 0 Å². The molecule has 22 heavy (non-hydrogen) atoms. The molecule has 1 N–H and O–H groups in total. The third-order valence-electron chi connectivity index (χ3n) is 3.92. The molecular weight excluding hydrogens is 276 g/mol. The molecule has 122 valence electrons. The molecule has 0 aliphatic carbocycles. The van der Waals surface area contributed by atoms with Crippen molar-refractivity contribution in [3.63, 3.8) is 0 Å². The average Bonchev–Trinajstić information content (AvgIpc) is 2.90. The number of para-hydroxylation sites is 2. The van der Waals surface area contributed by atoms with Gasteiger partial charge in [-0.3, -0.25) is 0 Å². The van der Waals surface area contributed by atoms with Gasteiger partial charge in [-0.1, -0.05) is 26.0 Å². The van der Waals surface area contributed by atoms with Gasteiger partial charge in [-0.2, -0.15) is 0 Å². The highest BCUT2D eigenvalue weighted by Crippen LogP contribution is 2.19. The molecule has 0 bridgehead atoms. The molecule has 0 radical (unpaired) electrons. The number of imidazole rings is 1. The summed E-state index contributed by atoms with van der Waals surface area (Å²) in [5, 5.41) is 3.48. The summed E-state index contributed by atoms with van der Waals surface area (Å²) in [6.45, 7) is 12.8. The smallest absolute Gasteiger partial charge is 0.204 e.